The monoisotopic (exact) mass is 445 g/mol. The highest BCUT2D eigenvalue weighted by molar-refractivity contribution is 6.29. The maximum Gasteiger partial charge on any atom is 0.273 e. The average molecular weight is 446 g/mol. The van der Waals surface area contributed by atoms with Gasteiger partial charge in [-0.3, -0.25) is 14.6 Å². The first-order valence-corrected chi connectivity index (χ1v) is 9.07. The van der Waals surface area contributed by atoms with E-state index in [2.05, 4.69) is 30.5 Å². The summed E-state index contributed by atoms with van der Waals surface area (Å²) in [6.07, 6.45) is 4.21. The molecule has 0 saturated heterocycles. The molecular formula is C19H19ClN8O3. The Balaban J connectivity index is 1.99. The number of pyridine rings is 1. The van der Waals surface area contributed by atoms with Crippen LogP contribution >= 0.6 is 11.6 Å². The highest BCUT2D eigenvalue weighted by Gasteiger charge is 2.19. The van der Waals surface area contributed by atoms with E-state index in [9.17, 15) is 9.59 Å². The van der Waals surface area contributed by atoms with Gasteiger partial charge in [-0.25, -0.2) is 9.97 Å². The molecule has 31 heavy (non-hydrogen) atoms. The molecule has 2 N–H and O–H groups in total. The molecule has 11 nitrogen and oxygen atoms in total. The van der Waals surface area contributed by atoms with Crippen molar-refractivity contribution in [1.29, 1.82) is 0 Å². The van der Waals surface area contributed by atoms with Crippen molar-refractivity contribution in [2.75, 3.05) is 33.5 Å². The van der Waals surface area contributed by atoms with Gasteiger partial charge < -0.3 is 20.3 Å². The molecule has 0 fully saturated rings. The van der Waals surface area contributed by atoms with Gasteiger partial charge in [0.15, 0.2) is 22.4 Å². The normalized spacial score (nSPS) is 12.2. The zero-order valence-electron chi connectivity index (χ0n) is 19.7. The third kappa shape index (κ3) is 4.67. The number of nitrogens with one attached hydrogen (secondary N) is 2. The van der Waals surface area contributed by atoms with Crippen molar-refractivity contribution in [3.05, 3.63) is 47.3 Å². The maximum absolute atomic E-state index is 12.4. The lowest BCUT2D eigenvalue weighted by Crippen LogP contribution is -2.22. The number of nitrogens with zero attached hydrogens (tertiary/aromatic N) is 6. The van der Waals surface area contributed by atoms with Gasteiger partial charge in [-0.2, -0.15) is 0 Å². The molecule has 0 spiro atoms. The van der Waals surface area contributed by atoms with Gasteiger partial charge in [0.1, 0.15) is 5.69 Å². The van der Waals surface area contributed by atoms with E-state index in [0.717, 1.165) is 0 Å². The van der Waals surface area contributed by atoms with Crippen LogP contribution in [0.5, 0.6) is 5.75 Å². The molecular weight excluding hydrogens is 424 g/mol. The number of methoxy groups -OCH3 is 1. The first kappa shape index (κ1) is 18.0. The number of halogens is 1. The summed E-state index contributed by atoms with van der Waals surface area (Å²) in [4.78, 5) is 38.5. The highest BCUT2D eigenvalue weighted by Crippen LogP contribution is 2.35. The summed E-state index contributed by atoms with van der Waals surface area (Å²) in [5.74, 6) is -0.900. The van der Waals surface area contributed by atoms with Crippen molar-refractivity contribution >= 4 is 34.9 Å². The van der Waals surface area contributed by atoms with Crippen LogP contribution in [-0.4, -0.2) is 70.0 Å². The number of carbonyl (C=O) groups is 2. The Bertz CT molecular complexity index is 1220. The fraction of sp³-hybridized carbons (Fsp3) is 0.211. The van der Waals surface area contributed by atoms with E-state index in [1.165, 1.54) is 36.7 Å². The minimum Gasteiger partial charge on any atom is -0.492 e. The molecule has 3 heterocycles. The van der Waals surface area contributed by atoms with Crippen molar-refractivity contribution < 1.29 is 18.4 Å². The van der Waals surface area contributed by atoms with E-state index in [1.807, 2.05) is 5.32 Å². The Morgan fingerprint density at radius 2 is 2.00 bits per heavy atom. The Kier molecular flexibility index (Phi) is 5.39. The topological polar surface area (TPSA) is 135 Å². The number of hydrogen-bond donors (Lipinski definition) is 2. The summed E-state index contributed by atoms with van der Waals surface area (Å²) in [5, 5.41) is 12.0. The Morgan fingerprint density at radius 3 is 2.65 bits per heavy atom. The first-order chi connectivity index (χ1) is 16.0. The van der Waals surface area contributed by atoms with Gasteiger partial charge in [0.05, 0.1) is 30.9 Å². The predicted octanol–water partition coefficient (Wildman–Crippen LogP) is 1.80. The second kappa shape index (κ2) is 9.30. The van der Waals surface area contributed by atoms with Crippen molar-refractivity contribution in [3.8, 4) is 17.0 Å². The molecule has 2 amide bonds. The standard InChI is InChI=1S/C19H19ClN8O3/c1-21-18(29)15-11(7-14(20)26-27-15)25-17-16(31-4)10(5-6-22-17)12-8-24-13(9-23-12)19(30)28(2)3/h5-9H,1-4H3,(H,21,29)(H,22,25,26)/i1D3. The lowest BCUT2D eigenvalue weighted by molar-refractivity contribution is 0.0821. The van der Waals surface area contributed by atoms with Crippen LogP contribution in [0.3, 0.4) is 0 Å². The smallest absolute Gasteiger partial charge is 0.273 e. The molecule has 0 aliphatic rings. The first-order valence-electron chi connectivity index (χ1n) is 10.2. The van der Waals surface area contributed by atoms with Crippen molar-refractivity contribution in [1.82, 2.24) is 35.4 Å². The van der Waals surface area contributed by atoms with Crippen LogP contribution in [0, 0.1) is 0 Å². The molecule has 0 radical (unpaired) electrons. The van der Waals surface area contributed by atoms with E-state index in [0.29, 0.717) is 11.3 Å². The molecule has 12 heteroatoms. The molecule has 0 atom stereocenters. The van der Waals surface area contributed by atoms with Crippen molar-refractivity contribution in [2.45, 2.75) is 0 Å². The second-order valence-corrected chi connectivity index (χ2v) is 6.62. The lowest BCUT2D eigenvalue weighted by Gasteiger charge is -2.15. The van der Waals surface area contributed by atoms with E-state index < -0.39 is 12.9 Å². The van der Waals surface area contributed by atoms with Crippen molar-refractivity contribution in [3.63, 3.8) is 0 Å². The molecule has 0 bridgehead atoms. The molecule has 160 valence electrons. The average Bonchev–Trinajstić information content (AvgIpc) is 2.77. The van der Waals surface area contributed by atoms with Crippen LogP contribution in [0.25, 0.3) is 11.3 Å². The molecule has 0 unspecified atom stereocenters. The summed E-state index contributed by atoms with van der Waals surface area (Å²) in [7, 11) is 4.62. The molecule has 0 aliphatic carbocycles. The van der Waals surface area contributed by atoms with Gasteiger partial charge in [-0.1, -0.05) is 11.6 Å². The van der Waals surface area contributed by atoms with Gasteiger partial charge in [0, 0.05) is 43.0 Å². The van der Waals surface area contributed by atoms with Crippen LogP contribution in [0.4, 0.5) is 11.5 Å². The molecule has 0 aromatic carbocycles. The largest absolute Gasteiger partial charge is 0.492 e. The summed E-state index contributed by atoms with van der Waals surface area (Å²) >= 11 is 5.93. The minimum absolute atomic E-state index is 0.0442. The van der Waals surface area contributed by atoms with Gasteiger partial charge in [-0.05, 0) is 6.07 Å². The zero-order valence-corrected chi connectivity index (χ0v) is 17.4. The summed E-state index contributed by atoms with van der Waals surface area (Å²) < 4.78 is 27.2. The number of anilines is 2. The molecule has 0 saturated carbocycles. The summed E-state index contributed by atoms with van der Waals surface area (Å²) in [6, 6.07) is 2.92. The van der Waals surface area contributed by atoms with Gasteiger partial charge in [-0.15, -0.1) is 10.2 Å². The Hall–Kier alpha value is -3.86. The van der Waals surface area contributed by atoms with E-state index in [4.69, 9.17) is 20.5 Å². The van der Waals surface area contributed by atoms with Crippen molar-refractivity contribution in [2.24, 2.45) is 0 Å². The predicted molar refractivity (Wildman–Crippen MR) is 114 cm³/mol. The van der Waals surface area contributed by atoms with Gasteiger partial charge in [0.25, 0.3) is 11.8 Å². The zero-order chi connectivity index (χ0) is 25.0. The number of aromatic nitrogens is 5. The number of carbonyl (C=O) groups excluding carboxylic acids is 2. The van der Waals surface area contributed by atoms with E-state index >= 15 is 0 Å². The SMILES string of the molecule is [2H]C([2H])([2H])NC(=O)c1nnc(Cl)cc1Nc1nccc(-c2cnc(C(=O)N(C)C)cn2)c1OC. The summed E-state index contributed by atoms with van der Waals surface area (Å²) in [5.41, 5.74) is 0.771. The molecule has 0 aliphatic heterocycles. The molecule has 3 aromatic rings. The van der Waals surface area contributed by atoms with Crippen LogP contribution in [0.2, 0.25) is 5.15 Å². The number of ether oxygens (including phenoxy) is 1. The molecule has 3 aromatic heterocycles. The Labute approximate surface area is 187 Å². The Morgan fingerprint density at radius 1 is 1.19 bits per heavy atom. The third-order valence-electron chi connectivity index (χ3n) is 4.01. The highest BCUT2D eigenvalue weighted by atomic mass is 35.5. The lowest BCUT2D eigenvalue weighted by atomic mass is 10.1. The second-order valence-electron chi connectivity index (χ2n) is 6.24. The van der Waals surface area contributed by atoms with Gasteiger partial charge >= 0.3 is 0 Å². The minimum atomic E-state index is -2.73. The number of rotatable bonds is 6. The van der Waals surface area contributed by atoms with Crippen LogP contribution in [0.15, 0.2) is 30.7 Å². The van der Waals surface area contributed by atoms with Crippen LogP contribution < -0.4 is 15.4 Å². The number of amides is 2. The van der Waals surface area contributed by atoms with Crippen LogP contribution in [-0.2, 0) is 0 Å². The third-order valence-corrected chi connectivity index (χ3v) is 4.19. The number of hydrogen-bond acceptors (Lipinski definition) is 9. The van der Waals surface area contributed by atoms with Crippen LogP contribution in [0.1, 0.15) is 25.1 Å². The quantitative estimate of drug-likeness (QED) is 0.581. The fourth-order valence-corrected chi connectivity index (χ4v) is 2.72. The van der Waals surface area contributed by atoms with E-state index in [1.54, 1.807) is 20.2 Å². The fourth-order valence-electron chi connectivity index (χ4n) is 2.57. The molecule has 3 rings (SSSR count). The van der Waals surface area contributed by atoms with E-state index in [-0.39, 0.29) is 39.7 Å². The summed E-state index contributed by atoms with van der Waals surface area (Å²) in [6.45, 7) is -2.73. The van der Waals surface area contributed by atoms with Gasteiger partial charge in [0.2, 0.25) is 0 Å². The maximum atomic E-state index is 12.4.